The van der Waals surface area contributed by atoms with Crippen molar-refractivity contribution >= 4 is 40.9 Å². The number of rotatable bonds is 5. The van der Waals surface area contributed by atoms with E-state index in [-0.39, 0.29) is 18.2 Å². The van der Waals surface area contributed by atoms with Gasteiger partial charge in [-0.3, -0.25) is 4.79 Å². The zero-order valence-corrected chi connectivity index (χ0v) is 14.5. The van der Waals surface area contributed by atoms with Crippen LogP contribution in [-0.2, 0) is 11.2 Å². The Morgan fingerprint density at radius 3 is 2.41 bits per heavy atom. The summed E-state index contributed by atoms with van der Waals surface area (Å²) in [4.78, 5) is 11.0. The van der Waals surface area contributed by atoms with E-state index in [2.05, 4.69) is 22.6 Å². The molecule has 0 aromatic heterocycles. The molecule has 0 aliphatic carbocycles. The van der Waals surface area contributed by atoms with Crippen molar-refractivity contribution in [3.63, 3.8) is 0 Å². The molecule has 22 heavy (non-hydrogen) atoms. The van der Waals surface area contributed by atoms with E-state index in [4.69, 9.17) is 16.2 Å². The Morgan fingerprint density at radius 1 is 1.23 bits per heavy atom. The highest BCUT2D eigenvalue weighted by Crippen LogP contribution is 2.28. The number of amides is 1. The van der Waals surface area contributed by atoms with E-state index in [0.29, 0.717) is 17.9 Å². The van der Waals surface area contributed by atoms with E-state index >= 15 is 0 Å². The number of ether oxygens (including phenoxy) is 1. The van der Waals surface area contributed by atoms with Gasteiger partial charge in [0.2, 0.25) is 5.91 Å². The van der Waals surface area contributed by atoms with Crippen LogP contribution in [0.2, 0.25) is 0 Å². The monoisotopic (exact) mass is 434 g/mol. The van der Waals surface area contributed by atoms with Crippen LogP contribution in [0.15, 0.2) is 42.5 Å². The van der Waals surface area contributed by atoms with Gasteiger partial charge in [-0.2, -0.15) is 0 Å². The number of hydrogen-bond donors (Lipinski definition) is 3. The Labute approximate surface area is 148 Å². The van der Waals surface area contributed by atoms with Gasteiger partial charge in [-0.15, -0.1) is 12.4 Å². The van der Waals surface area contributed by atoms with E-state index in [1.165, 1.54) is 0 Å². The van der Waals surface area contributed by atoms with Gasteiger partial charge in [-0.1, -0.05) is 6.07 Å². The molecule has 7 heteroatoms. The second kappa shape index (κ2) is 8.21. The van der Waals surface area contributed by atoms with Gasteiger partial charge in [0, 0.05) is 0 Å². The van der Waals surface area contributed by atoms with Crippen molar-refractivity contribution in [2.45, 2.75) is 12.5 Å². The topological polar surface area (TPSA) is 98.6 Å². The first kappa shape index (κ1) is 18.5. The molecule has 0 aliphatic rings. The molecule has 5 nitrogen and oxygen atoms in total. The molecule has 2 aromatic rings. The maximum atomic E-state index is 11.0. The molecule has 118 valence electrons. The van der Waals surface area contributed by atoms with Crippen molar-refractivity contribution in [2.75, 3.05) is 0 Å². The molecule has 0 fully saturated rings. The van der Waals surface area contributed by atoms with E-state index in [9.17, 15) is 9.90 Å². The van der Waals surface area contributed by atoms with E-state index in [0.717, 1.165) is 9.13 Å². The molecule has 0 heterocycles. The summed E-state index contributed by atoms with van der Waals surface area (Å²) >= 11 is 2.15. The van der Waals surface area contributed by atoms with Crippen molar-refractivity contribution < 1.29 is 14.6 Å². The standard InChI is InChI=1S/C15H15IN2O3.ClH/c16-12-7-9(8-13(17)15(18)20)1-6-14(12)21-11-4-2-10(19)3-5-11;/h1-7,13,19H,8,17H2,(H2,18,20);1H. The fourth-order valence-electron chi connectivity index (χ4n) is 1.75. The molecule has 0 spiro atoms. The molecule has 1 amide bonds. The van der Waals surface area contributed by atoms with Gasteiger partial charge in [0.05, 0.1) is 9.61 Å². The number of phenolic OH excluding ortho intramolecular Hbond substituents is 1. The Hall–Kier alpha value is -1.51. The Bertz CT molecular complexity index is 650. The van der Waals surface area contributed by atoms with Crippen molar-refractivity contribution in [1.82, 2.24) is 0 Å². The molecule has 2 aromatic carbocycles. The first-order valence-electron chi connectivity index (χ1n) is 6.26. The smallest absolute Gasteiger partial charge is 0.234 e. The predicted octanol–water partition coefficient (Wildman–Crippen LogP) is 2.57. The molecular weight excluding hydrogens is 419 g/mol. The minimum Gasteiger partial charge on any atom is -0.508 e. The van der Waals surface area contributed by atoms with Crippen LogP contribution in [-0.4, -0.2) is 17.1 Å². The van der Waals surface area contributed by atoms with Crippen LogP contribution in [0, 0.1) is 3.57 Å². The lowest BCUT2D eigenvalue weighted by molar-refractivity contribution is -0.119. The first-order valence-corrected chi connectivity index (χ1v) is 7.34. The zero-order valence-electron chi connectivity index (χ0n) is 11.5. The van der Waals surface area contributed by atoms with Crippen LogP contribution >= 0.6 is 35.0 Å². The highest BCUT2D eigenvalue weighted by atomic mass is 127. The Balaban J connectivity index is 0.00000242. The van der Waals surface area contributed by atoms with Gasteiger partial charge in [-0.05, 0) is 71.0 Å². The molecule has 5 N–H and O–H groups in total. The Morgan fingerprint density at radius 2 is 1.86 bits per heavy atom. The summed E-state index contributed by atoms with van der Waals surface area (Å²) in [6, 6.07) is 11.4. The minimum atomic E-state index is -0.690. The summed E-state index contributed by atoms with van der Waals surface area (Å²) in [7, 11) is 0. The van der Waals surface area contributed by atoms with Gasteiger partial charge in [0.25, 0.3) is 0 Å². The lowest BCUT2D eigenvalue weighted by atomic mass is 10.1. The second-order valence-electron chi connectivity index (χ2n) is 4.57. The number of carbonyl (C=O) groups excluding carboxylic acids is 1. The van der Waals surface area contributed by atoms with E-state index < -0.39 is 11.9 Å². The van der Waals surface area contributed by atoms with E-state index in [1.807, 2.05) is 18.2 Å². The van der Waals surface area contributed by atoms with Gasteiger partial charge in [0.15, 0.2) is 0 Å². The van der Waals surface area contributed by atoms with Crippen LogP contribution in [0.1, 0.15) is 5.56 Å². The largest absolute Gasteiger partial charge is 0.508 e. The quantitative estimate of drug-likeness (QED) is 0.630. The fourth-order valence-corrected chi connectivity index (χ4v) is 2.44. The maximum Gasteiger partial charge on any atom is 0.234 e. The summed E-state index contributed by atoms with van der Waals surface area (Å²) in [6.07, 6.45) is 0.394. The van der Waals surface area contributed by atoms with Gasteiger partial charge in [-0.25, -0.2) is 0 Å². The molecule has 0 radical (unpaired) electrons. The summed E-state index contributed by atoms with van der Waals surface area (Å²) in [5.41, 5.74) is 11.7. The molecule has 0 saturated carbocycles. The zero-order chi connectivity index (χ0) is 15.4. The molecular formula is C15H16ClIN2O3. The normalized spacial score (nSPS) is 11.4. The molecule has 0 bridgehead atoms. The third kappa shape index (κ3) is 5.04. The Kier molecular flexibility index (Phi) is 6.92. The lowest BCUT2D eigenvalue weighted by Crippen LogP contribution is -2.38. The molecule has 0 aliphatic heterocycles. The number of halogens is 2. The summed E-state index contributed by atoms with van der Waals surface area (Å²) < 4.78 is 6.63. The summed E-state index contributed by atoms with van der Waals surface area (Å²) in [5.74, 6) is 0.993. The predicted molar refractivity (Wildman–Crippen MR) is 95.5 cm³/mol. The van der Waals surface area contributed by atoms with Crippen molar-refractivity contribution in [2.24, 2.45) is 11.5 Å². The average molecular weight is 435 g/mol. The SMILES string of the molecule is Cl.NC(=O)C(N)Cc1ccc(Oc2ccc(O)cc2)c(I)c1. The fraction of sp³-hybridized carbons (Fsp3) is 0.133. The van der Waals surface area contributed by atoms with Crippen LogP contribution in [0.25, 0.3) is 0 Å². The number of primary amides is 1. The number of nitrogens with two attached hydrogens (primary N) is 2. The third-order valence-electron chi connectivity index (χ3n) is 2.88. The molecule has 2 rings (SSSR count). The number of hydrogen-bond acceptors (Lipinski definition) is 4. The van der Waals surface area contributed by atoms with E-state index in [1.54, 1.807) is 24.3 Å². The number of carbonyl (C=O) groups is 1. The van der Waals surface area contributed by atoms with Crippen LogP contribution in [0.3, 0.4) is 0 Å². The maximum absolute atomic E-state index is 11.0. The number of aromatic hydroxyl groups is 1. The van der Waals surface area contributed by atoms with Crippen molar-refractivity contribution in [3.8, 4) is 17.2 Å². The summed E-state index contributed by atoms with van der Waals surface area (Å²) in [5, 5.41) is 9.24. The van der Waals surface area contributed by atoms with Crippen LogP contribution in [0.4, 0.5) is 0 Å². The van der Waals surface area contributed by atoms with Crippen LogP contribution in [0.5, 0.6) is 17.2 Å². The van der Waals surface area contributed by atoms with Gasteiger partial charge >= 0.3 is 0 Å². The van der Waals surface area contributed by atoms with Gasteiger partial charge < -0.3 is 21.3 Å². The van der Waals surface area contributed by atoms with Gasteiger partial charge in [0.1, 0.15) is 17.2 Å². The minimum absolute atomic E-state index is 0. The number of phenols is 1. The lowest BCUT2D eigenvalue weighted by Gasteiger charge is -2.11. The van der Waals surface area contributed by atoms with Crippen molar-refractivity contribution in [1.29, 1.82) is 0 Å². The average Bonchev–Trinajstić information content (AvgIpc) is 2.44. The third-order valence-corrected chi connectivity index (χ3v) is 3.72. The van der Waals surface area contributed by atoms with Crippen molar-refractivity contribution in [3.05, 3.63) is 51.6 Å². The molecule has 1 unspecified atom stereocenters. The molecule has 0 saturated heterocycles. The first-order chi connectivity index (χ1) is 9.95. The molecule has 1 atom stereocenters. The summed E-state index contributed by atoms with van der Waals surface area (Å²) in [6.45, 7) is 0. The van der Waals surface area contributed by atoms with Crippen LogP contribution < -0.4 is 16.2 Å². The highest BCUT2D eigenvalue weighted by molar-refractivity contribution is 14.1. The number of benzene rings is 2. The highest BCUT2D eigenvalue weighted by Gasteiger charge is 2.11. The second-order valence-corrected chi connectivity index (χ2v) is 5.74.